The predicted molar refractivity (Wildman–Crippen MR) is 68.8 cm³/mol. The zero-order valence-electron chi connectivity index (χ0n) is 9.77. The Bertz CT molecular complexity index is 131. The molecule has 1 saturated carbocycles. The molecule has 1 fully saturated rings. The molecule has 0 aromatic rings. The first-order valence-electron chi connectivity index (χ1n) is 6.39. The van der Waals surface area contributed by atoms with Crippen LogP contribution < -0.4 is 0 Å². The summed E-state index contributed by atoms with van der Waals surface area (Å²) in [6, 6.07) is 0. The fourth-order valence-electron chi connectivity index (χ4n) is 3.17. The van der Waals surface area contributed by atoms with Gasteiger partial charge in [-0.3, -0.25) is 0 Å². The molecule has 2 atom stereocenters. The summed E-state index contributed by atoms with van der Waals surface area (Å²) in [5.41, 5.74) is 0.963. The molecule has 0 bridgehead atoms. The largest absolute Gasteiger partial charge is 0.176 e. The minimum absolute atomic E-state index is 0.295. The summed E-state index contributed by atoms with van der Waals surface area (Å²) in [6.45, 7) is 4.63. The van der Waals surface area contributed by atoms with Gasteiger partial charge in [0.15, 0.2) is 0 Å². The van der Waals surface area contributed by atoms with Crippen LogP contribution in [0.1, 0.15) is 58.8 Å². The molecule has 1 aliphatic rings. The summed E-state index contributed by atoms with van der Waals surface area (Å²) in [7, 11) is -0.295. The van der Waals surface area contributed by atoms with Gasteiger partial charge in [0.1, 0.15) is 8.83 Å². The molecular formula is C12H25ClSi. The maximum Gasteiger partial charge on any atom is 0.128 e. The second-order valence-corrected chi connectivity index (χ2v) is 7.02. The summed E-state index contributed by atoms with van der Waals surface area (Å²) < 4.78 is 0. The summed E-state index contributed by atoms with van der Waals surface area (Å²) in [5.74, 6) is 1.99. The van der Waals surface area contributed by atoms with Crippen LogP contribution in [-0.4, -0.2) is 8.83 Å². The zero-order chi connectivity index (χ0) is 10.4. The Hall–Kier alpha value is 0.507. The molecule has 0 aliphatic heterocycles. The van der Waals surface area contributed by atoms with E-state index in [0.717, 1.165) is 17.4 Å². The number of hydrogen-bond acceptors (Lipinski definition) is 0. The van der Waals surface area contributed by atoms with Crippen molar-refractivity contribution in [1.29, 1.82) is 0 Å². The van der Waals surface area contributed by atoms with Gasteiger partial charge in [0.2, 0.25) is 0 Å². The Morgan fingerprint density at radius 1 is 1.07 bits per heavy atom. The lowest BCUT2D eigenvalue weighted by Crippen LogP contribution is -2.26. The molecule has 2 unspecified atom stereocenters. The van der Waals surface area contributed by atoms with E-state index < -0.39 is 0 Å². The minimum Gasteiger partial charge on any atom is -0.176 e. The van der Waals surface area contributed by atoms with Crippen molar-refractivity contribution in [3.8, 4) is 0 Å². The quantitative estimate of drug-likeness (QED) is 0.494. The third-order valence-corrected chi connectivity index (χ3v) is 6.62. The van der Waals surface area contributed by atoms with Crippen molar-refractivity contribution in [2.24, 2.45) is 11.8 Å². The van der Waals surface area contributed by atoms with Crippen molar-refractivity contribution in [3.63, 3.8) is 0 Å². The third-order valence-electron chi connectivity index (χ3n) is 3.86. The van der Waals surface area contributed by atoms with Gasteiger partial charge in [0.05, 0.1) is 0 Å². The first-order valence-corrected chi connectivity index (χ1v) is 9.34. The van der Waals surface area contributed by atoms with Crippen molar-refractivity contribution in [2.45, 2.75) is 64.3 Å². The van der Waals surface area contributed by atoms with Crippen LogP contribution in [0, 0.1) is 11.8 Å². The lowest BCUT2D eigenvalue weighted by molar-refractivity contribution is 0.242. The second kappa shape index (κ2) is 6.89. The summed E-state index contributed by atoms with van der Waals surface area (Å²) >= 11 is 6.28. The first-order chi connectivity index (χ1) is 6.83. The topological polar surface area (TPSA) is 0 Å². The van der Waals surface area contributed by atoms with Gasteiger partial charge in [0.25, 0.3) is 0 Å². The highest BCUT2D eigenvalue weighted by atomic mass is 35.6. The number of halogens is 1. The van der Waals surface area contributed by atoms with Crippen molar-refractivity contribution < 1.29 is 0 Å². The summed E-state index contributed by atoms with van der Waals surface area (Å²) in [5, 5.41) is 0. The minimum atomic E-state index is -0.295. The molecule has 84 valence electrons. The van der Waals surface area contributed by atoms with Gasteiger partial charge in [-0.25, -0.2) is 0 Å². The van der Waals surface area contributed by atoms with Crippen LogP contribution in [0.4, 0.5) is 0 Å². The van der Waals surface area contributed by atoms with E-state index in [1.807, 2.05) is 0 Å². The van der Waals surface area contributed by atoms with Crippen LogP contribution in [0.15, 0.2) is 0 Å². The SMILES string of the molecule is CCCC1CCCC(CCC)C1[SiH2]Cl. The van der Waals surface area contributed by atoms with Gasteiger partial charge >= 0.3 is 0 Å². The van der Waals surface area contributed by atoms with Crippen molar-refractivity contribution in [1.82, 2.24) is 0 Å². The lowest BCUT2D eigenvalue weighted by atomic mass is 9.77. The molecule has 0 N–H and O–H groups in total. The zero-order valence-corrected chi connectivity index (χ0v) is 11.9. The van der Waals surface area contributed by atoms with Crippen LogP contribution in [-0.2, 0) is 0 Å². The van der Waals surface area contributed by atoms with Gasteiger partial charge in [-0.05, 0) is 17.4 Å². The first kappa shape index (κ1) is 12.6. The third kappa shape index (κ3) is 3.27. The Kier molecular flexibility index (Phi) is 6.19. The monoisotopic (exact) mass is 232 g/mol. The van der Waals surface area contributed by atoms with Gasteiger partial charge in [-0.1, -0.05) is 58.8 Å². The van der Waals surface area contributed by atoms with Gasteiger partial charge in [0, 0.05) is 0 Å². The van der Waals surface area contributed by atoms with Crippen molar-refractivity contribution >= 4 is 19.9 Å². The van der Waals surface area contributed by atoms with E-state index in [1.165, 1.54) is 44.9 Å². The molecule has 0 saturated heterocycles. The molecule has 2 heteroatoms. The Morgan fingerprint density at radius 3 is 1.93 bits per heavy atom. The molecule has 0 aromatic carbocycles. The Morgan fingerprint density at radius 2 is 1.57 bits per heavy atom. The average Bonchev–Trinajstić information content (AvgIpc) is 2.19. The standard InChI is InChI=1S/C12H25ClSi/c1-3-6-10-8-5-9-11(7-4-2)12(10)14-13/h10-12H,3-9,14H2,1-2H3. The van der Waals surface area contributed by atoms with E-state index in [0.29, 0.717) is 0 Å². The summed E-state index contributed by atoms with van der Waals surface area (Å²) in [4.78, 5) is 0. The maximum atomic E-state index is 6.28. The van der Waals surface area contributed by atoms with Crippen LogP contribution in [0.25, 0.3) is 0 Å². The van der Waals surface area contributed by atoms with E-state index in [4.69, 9.17) is 11.1 Å². The molecule has 0 heterocycles. The Balaban J connectivity index is 2.50. The lowest BCUT2D eigenvalue weighted by Gasteiger charge is -2.37. The van der Waals surface area contributed by atoms with Crippen LogP contribution in [0.3, 0.4) is 0 Å². The van der Waals surface area contributed by atoms with E-state index in [-0.39, 0.29) is 8.83 Å². The van der Waals surface area contributed by atoms with Crippen LogP contribution >= 0.6 is 11.1 Å². The smallest absolute Gasteiger partial charge is 0.128 e. The maximum absolute atomic E-state index is 6.28. The fourth-order valence-corrected chi connectivity index (χ4v) is 6.12. The predicted octanol–water partition coefficient (Wildman–Crippen LogP) is 4.11. The Labute approximate surface area is 96.3 Å². The van der Waals surface area contributed by atoms with Crippen molar-refractivity contribution in [2.75, 3.05) is 0 Å². The molecule has 1 rings (SSSR count). The normalized spacial score (nSPS) is 34.1. The van der Waals surface area contributed by atoms with Crippen molar-refractivity contribution in [3.05, 3.63) is 0 Å². The number of rotatable bonds is 5. The highest BCUT2D eigenvalue weighted by Crippen LogP contribution is 2.43. The highest BCUT2D eigenvalue weighted by molar-refractivity contribution is 6.94. The van der Waals surface area contributed by atoms with Crippen LogP contribution in [0.5, 0.6) is 0 Å². The second-order valence-electron chi connectivity index (χ2n) is 4.85. The highest BCUT2D eigenvalue weighted by Gasteiger charge is 2.31. The molecule has 0 amide bonds. The van der Waals surface area contributed by atoms with Gasteiger partial charge in [-0.2, -0.15) is 11.1 Å². The van der Waals surface area contributed by atoms with E-state index in [9.17, 15) is 0 Å². The molecule has 0 radical (unpaired) electrons. The molecule has 1 aliphatic carbocycles. The number of hydrogen-bond donors (Lipinski definition) is 0. The summed E-state index contributed by atoms with van der Waals surface area (Å²) in [6.07, 6.45) is 9.99. The van der Waals surface area contributed by atoms with E-state index >= 15 is 0 Å². The molecule has 0 spiro atoms. The van der Waals surface area contributed by atoms with Gasteiger partial charge in [-0.15, -0.1) is 0 Å². The average molecular weight is 233 g/mol. The molecule has 0 nitrogen and oxygen atoms in total. The fraction of sp³-hybridized carbons (Fsp3) is 1.00. The molecule has 0 aromatic heterocycles. The van der Waals surface area contributed by atoms with E-state index in [1.54, 1.807) is 0 Å². The molecular weight excluding hydrogens is 208 g/mol. The van der Waals surface area contributed by atoms with Gasteiger partial charge < -0.3 is 0 Å². The van der Waals surface area contributed by atoms with Crippen LogP contribution in [0.2, 0.25) is 5.54 Å². The molecule has 14 heavy (non-hydrogen) atoms. The van der Waals surface area contributed by atoms with E-state index in [2.05, 4.69) is 13.8 Å².